The van der Waals surface area contributed by atoms with Crippen molar-refractivity contribution in [2.45, 2.75) is 23.6 Å². The number of aryl methyl sites for hydroxylation is 2. The second-order valence-corrected chi connectivity index (χ2v) is 12.2. The lowest BCUT2D eigenvalue weighted by Crippen LogP contribution is -2.38. The van der Waals surface area contributed by atoms with Crippen molar-refractivity contribution in [3.63, 3.8) is 0 Å². The summed E-state index contributed by atoms with van der Waals surface area (Å²) in [5.41, 5.74) is 1.77. The normalized spacial score (nSPS) is 11.5. The highest BCUT2D eigenvalue weighted by Crippen LogP contribution is 2.26. The highest BCUT2D eigenvalue weighted by atomic mass is 32.2. The molecule has 1 amide bonds. The van der Waals surface area contributed by atoms with Crippen LogP contribution in [0, 0.1) is 13.8 Å². The number of rotatable bonds is 10. The second kappa shape index (κ2) is 11.7. The minimum Gasteiger partial charge on any atom is -0.497 e. The molecule has 0 unspecified atom stereocenters. The number of sulfonamides is 2. The number of anilines is 3. The molecule has 0 saturated heterocycles. The van der Waals surface area contributed by atoms with Gasteiger partial charge in [0.2, 0.25) is 11.9 Å². The molecule has 0 bridgehead atoms. The zero-order valence-corrected chi connectivity index (χ0v) is 23.5. The van der Waals surface area contributed by atoms with Gasteiger partial charge >= 0.3 is 0 Å². The van der Waals surface area contributed by atoms with E-state index < -0.39 is 32.5 Å². The number of hydrogen-bond acceptors (Lipinski definition) is 8. The van der Waals surface area contributed by atoms with Gasteiger partial charge in [-0.15, -0.1) is 0 Å². The van der Waals surface area contributed by atoms with Gasteiger partial charge < -0.3 is 10.1 Å². The summed E-state index contributed by atoms with van der Waals surface area (Å²) >= 11 is 0. The van der Waals surface area contributed by atoms with Gasteiger partial charge in [-0.3, -0.25) is 9.10 Å². The summed E-state index contributed by atoms with van der Waals surface area (Å²) in [7, 11) is -6.59. The first kappa shape index (κ1) is 28.5. The van der Waals surface area contributed by atoms with E-state index in [1.807, 2.05) is 0 Å². The fourth-order valence-electron chi connectivity index (χ4n) is 3.78. The van der Waals surface area contributed by atoms with E-state index in [1.165, 1.54) is 43.5 Å². The van der Waals surface area contributed by atoms with Gasteiger partial charge in [-0.2, -0.15) is 0 Å². The third kappa shape index (κ3) is 6.74. The van der Waals surface area contributed by atoms with Crippen LogP contribution in [-0.2, 0) is 24.8 Å². The van der Waals surface area contributed by atoms with E-state index in [2.05, 4.69) is 20.0 Å². The first-order chi connectivity index (χ1) is 19.0. The van der Waals surface area contributed by atoms with Crippen LogP contribution in [0.4, 0.5) is 17.3 Å². The van der Waals surface area contributed by atoms with Gasteiger partial charge in [0.25, 0.3) is 20.0 Å². The molecule has 0 aliphatic carbocycles. The predicted octanol–water partition coefficient (Wildman–Crippen LogP) is 3.74. The molecular formula is C27H27N5O6S2. The van der Waals surface area contributed by atoms with E-state index in [1.54, 1.807) is 62.4 Å². The van der Waals surface area contributed by atoms with E-state index in [0.29, 0.717) is 17.1 Å². The Kier molecular flexibility index (Phi) is 8.35. The molecule has 1 aromatic heterocycles. The highest BCUT2D eigenvalue weighted by molar-refractivity contribution is 7.93. The van der Waals surface area contributed by atoms with Crippen molar-refractivity contribution in [3.8, 4) is 5.75 Å². The molecular weight excluding hydrogens is 554 g/mol. The van der Waals surface area contributed by atoms with Crippen LogP contribution in [0.5, 0.6) is 5.75 Å². The molecule has 11 nitrogen and oxygen atoms in total. The van der Waals surface area contributed by atoms with E-state index in [-0.39, 0.29) is 27.1 Å². The Hall–Kier alpha value is -4.49. The zero-order chi connectivity index (χ0) is 28.9. The molecule has 4 aromatic rings. The zero-order valence-electron chi connectivity index (χ0n) is 21.9. The summed E-state index contributed by atoms with van der Waals surface area (Å²) in [6.45, 7) is 2.92. The Morgan fingerprint density at radius 2 is 1.43 bits per heavy atom. The molecule has 0 radical (unpaired) electrons. The Labute approximate surface area is 233 Å². The van der Waals surface area contributed by atoms with Crippen molar-refractivity contribution < 1.29 is 26.4 Å². The molecule has 3 aromatic carbocycles. The third-order valence-corrected chi connectivity index (χ3v) is 8.77. The molecule has 0 aliphatic rings. The molecule has 13 heteroatoms. The van der Waals surface area contributed by atoms with Crippen LogP contribution in [0.3, 0.4) is 0 Å². The maximum atomic E-state index is 13.5. The number of aromatic nitrogens is 2. The van der Waals surface area contributed by atoms with Crippen molar-refractivity contribution in [2.75, 3.05) is 28.0 Å². The molecule has 40 heavy (non-hydrogen) atoms. The van der Waals surface area contributed by atoms with E-state index in [4.69, 9.17) is 4.74 Å². The van der Waals surface area contributed by atoms with Crippen molar-refractivity contribution in [2.24, 2.45) is 0 Å². The SMILES string of the molecule is COc1ccc(N(CC(=O)Nc2ccc(S(=O)(=O)Nc3nc(C)cc(C)n3)cc2)S(=O)(=O)c2ccccc2)cc1. The number of nitrogens with zero attached hydrogens (tertiary/aromatic N) is 3. The average Bonchev–Trinajstić information content (AvgIpc) is 2.92. The lowest BCUT2D eigenvalue weighted by molar-refractivity contribution is -0.114. The van der Waals surface area contributed by atoms with E-state index >= 15 is 0 Å². The number of nitrogens with one attached hydrogen (secondary N) is 2. The van der Waals surface area contributed by atoms with Crippen LogP contribution in [0.2, 0.25) is 0 Å². The van der Waals surface area contributed by atoms with Crippen molar-refractivity contribution in [1.82, 2.24) is 9.97 Å². The highest BCUT2D eigenvalue weighted by Gasteiger charge is 2.27. The van der Waals surface area contributed by atoms with Gasteiger partial charge in [-0.1, -0.05) is 18.2 Å². The minimum atomic E-state index is -4.09. The molecule has 0 atom stereocenters. The number of amides is 1. The summed E-state index contributed by atoms with van der Waals surface area (Å²) in [4.78, 5) is 21.1. The first-order valence-electron chi connectivity index (χ1n) is 11.9. The molecule has 0 aliphatic heterocycles. The fraction of sp³-hybridized carbons (Fsp3) is 0.148. The van der Waals surface area contributed by atoms with Gasteiger partial charge in [0.15, 0.2) is 0 Å². The lowest BCUT2D eigenvalue weighted by atomic mass is 10.3. The summed E-state index contributed by atoms with van der Waals surface area (Å²) in [6.07, 6.45) is 0. The van der Waals surface area contributed by atoms with Crippen LogP contribution in [0.25, 0.3) is 0 Å². The topological polar surface area (TPSA) is 148 Å². The van der Waals surface area contributed by atoms with Crippen LogP contribution in [-0.4, -0.2) is 46.4 Å². The number of carbonyl (C=O) groups excluding carboxylic acids is 1. The minimum absolute atomic E-state index is 0.0217. The molecule has 0 fully saturated rings. The number of hydrogen-bond donors (Lipinski definition) is 2. The quantitative estimate of drug-likeness (QED) is 0.288. The maximum absolute atomic E-state index is 13.5. The van der Waals surface area contributed by atoms with Crippen molar-refractivity contribution >= 4 is 43.3 Å². The van der Waals surface area contributed by atoms with Crippen molar-refractivity contribution in [3.05, 3.63) is 96.3 Å². The summed E-state index contributed by atoms with van der Waals surface area (Å²) < 4.78 is 61.0. The first-order valence-corrected chi connectivity index (χ1v) is 14.9. The number of ether oxygens (including phenoxy) is 1. The Morgan fingerprint density at radius 1 is 0.825 bits per heavy atom. The second-order valence-electron chi connectivity index (χ2n) is 8.68. The van der Waals surface area contributed by atoms with E-state index in [0.717, 1.165) is 4.31 Å². The third-order valence-electron chi connectivity index (χ3n) is 5.64. The van der Waals surface area contributed by atoms with Gasteiger partial charge in [0.05, 0.1) is 22.6 Å². The molecule has 1 heterocycles. The van der Waals surface area contributed by atoms with Gasteiger partial charge in [0.1, 0.15) is 12.3 Å². The van der Waals surface area contributed by atoms with Crippen LogP contribution >= 0.6 is 0 Å². The van der Waals surface area contributed by atoms with Gasteiger partial charge in [0, 0.05) is 17.1 Å². The molecule has 208 valence electrons. The average molecular weight is 582 g/mol. The fourth-order valence-corrected chi connectivity index (χ4v) is 6.17. The Bertz CT molecular complexity index is 1690. The summed E-state index contributed by atoms with van der Waals surface area (Å²) in [5.74, 6) is -0.153. The van der Waals surface area contributed by atoms with E-state index in [9.17, 15) is 21.6 Å². The van der Waals surface area contributed by atoms with Gasteiger partial charge in [-0.05, 0) is 80.6 Å². The predicted molar refractivity (Wildman–Crippen MR) is 151 cm³/mol. The smallest absolute Gasteiger partial charge is 0.264 e. The van der Waals surface area contributed by atoms with Crippen LogP contribution in [0.1, 0.15) is 11.4 Å². The molecule has 4 rings (SSSR count). The Balaban J connectivity index is 1.52. The molecule has 0 saturated carbocycles. The lowest BCUT2D eigenvalue weighted by Gasteiger charge is -2.24. The standard InChI is InChI=1S/C27H27N5O6S2/c1-19-17-20(2)29-27(28-19)31-39(34,35)24-15-9-21(10-16-24)30-26(33)18-32(22-11-13-23(38-3)14-12-22)40(36,37)25-7-5-4-6-8-25/h4-17H,18H2,1-3H3,(H,30,33)(H,28,29,31). The largest absolute Gasteiger partial charge is 0.497 e. The number of carbonyl (C=O) groups is 1. The summed E-state index contributed by atoms with van der Waals surface area (Å²) in [6, 6.07) is 21.2. The van der Waals surface area contributed by atoms with Crippen LogP contribution in [0.15, 0.2) is 94.7 Å². The maximum Gasteiger partial charge on any atom is 0.264 e. The monoisotopic (exact) mass is 581 g/mol. The molecule has 0 spiro atoms. The molecule has 2 N–H and O–H groups in total. The number of methoxy groups -OCH3 is 1. The summed E-state index contributed by atoms with van der Waals surface area (Å²) in [5, 5.41) is 2.62. The van der Waals surface area contributed by atoms with Crippen molar-refractivity contribution in [1.29, 1.82) is 0 Å². The number of benzene rings is 3. The van der Waals surface area contributed by atoms with Crippen LogP contribution < -0.4 is 19.1 Å². The Morgan fingerprint density at radius 3 is 2.00 bits per heavy atom. The van der Waals surface area contributed by atoms with Gasteiger partial charge in [-0.25, -0.2) is 31.5 Å².